The quantitative estimate of drug-likeness (QED) is 0.727. The lowest BCUT2D eigenvalue weighted by molar-refractivity contribution is -0.118. The summed E-state index contributed by atoms with van der Waals surface area (Å²) in [5.41, 5.74) is 0.208. The van der Waals surface area contributed by atoms with Crippen molar-refractivity contribution in [3.63, 3.8) is 0 Å². The van der Waals surface area contributed by atoms with Crippen molar-refractivity contribution in [3.05, 3.63) is 28.8 Å². The monoisotopic (exact) mass is 373 g/mol. The van der Waals surface area contributed by atoms with Crippen molar-refractivity contribution < 1.29 is 18.0 Å². The van der Waals surface area contributed by atoms with Gasteiger partial charge in [-0.2, -0.15) is 4.31 Å². The molecule has 24 heavy (non-hydrogen) atoms. The third-order valence-corrected chi connectivity index (χ3v) is 6.04. The van der Waals surface area contributed by atoms with E-state index in [0.717, 1.165) is 12.8 Å². The fourth-order valence-electron chi connectivity index (χ4n) is 2.43. The summed E-state index contributed by atoms with van der Waals surface area (Å²) in [7, 11) is -3.70. The van der Waals surface area contributed by atoms with Gasteiger partial charge in [0.2, 0.25) is 15.9 Å². The van der Waals surface area contributed by atoms with Gasteiger partial charge in [0, 0.05) is 38.7 Å². The van der Waals surface area contributed by atoms with Gasteiger partial charge in [-0.1, -0.05) is 11.6 Å². The van der Waals surface area contributed by atoms with Crippen molar-refractivity contribution in [3.8, 4) is 0 Å². The van der Waals surface area contributed by atoms with E-state index in [4.69, 9.17) is 11.6 Å². The largest absolute Gasteiger partial charge is 0.355 e. The first-order valence-corrected chi connectivity index (χ1v) is 9.46. The molecule has 1 saturated heterocycles. The lowest BCUT2D eigenvalue weighted by atomic mass is 10.2. The molecule has 2 amide bonds. The van der Waals surface area contributed by atoms with Crippen LogP contribution in [0.1, 0.15) is 30.1 Å². The highest BCUT2D eigenvalue weighted by molar-refractivity contribution is 7.89. The zero-order chi connectivity index (χ0) is 17.7. The molecule has 1 aromatic rings. The van der Waals surface area contributed by atoms with Gasteiger partial charge in [-0.25, -0.2) is 8.42 Å². The summed E-state index contributed by atoms with van der Waals surface area (Å²) < 4.78 is 26.6. The van der Waals surface area contributed by atoms with E-state index in [1.807, 2.05) is 0 Å². The van der Waals surface area contributed by atoms with Crippen LogP contribution < -0.4 is 10.6 Å². The maximum Gasteiger partial charge on any atom is 0.251 e. The maximum absolute atomic E-state index is 12.6. The standard InChI is InChI=1S/C15H20ClN3O4S/c1-11(20)17-6-7-18-15(21)12-4-5-13(16)14(10-12)24(22,23)19-8-2-3-9-19/h4-5,10H,2-3,6-9H2,1H3,(H,17,20)(H,18,21). The van der Waals surface area contributed by atoms with Gasteiger partial charge >= 0.3 is 0 Å². The summed E-state index contributed by atoms with van der Waals surface area (Å²) in [6.45, 7) is 2.86. The van der Waals surface area contributed by atoms with E-state index in [1.54, 1.807) is 0 Å². The van der Waals surface area contributed by atoms with Crippen molar-refractivity contribution in [1.82, 2.24) is 14.9 Å². The minimum atomic E-state index is -3.70. The smallest absolute Gasteiger partial charge is 0.251 e. The number of carbonyl (C=O) groups excluding carboxylic acids is 2. The van der Waals surface area contributed by atoms with Crippen LogP contribution in [0.2, 0.25) is 5.02 Å². The van der Waals surface area contributed by atoms with Gasteiger partial charge in [-0.05, 0) is 31.0 Å². The van der Waals surface area contributed by atoms with Crippen molar-refractivity contribution in [1.29, 1.82) is 0 Å². The summed E-state index contributed by atoms with van der Waals surface area (Å²) in [6.07, 6.45) is 1.64. The Morgan fingerprint density at radius 2 is 1.79 bits per heavy atom. The van der Waals surface area contributed by atoms with Crippen LogP contribution in [0.5, 0.6) is 0 Å². The average Bonchev–Trinajstić information content (AvgIpc) is 3.06. The van der Waals surface area contributed by atoms with Gasteiger partial charge in [0.25, 0.3) is 5.91 Å². The predicted molar refractivity (Wildman–Crippen MR) is 90.5 cm³/mol. The summed E-state index contributed by atoms with van der Waals surface area (Å²) in [6, 6.07) is 4.18. The van der Waals surface area contributed by atoms with E-state index < -0.39 is 15.9 Å². The summed E-state index contributed by atoms with van der Waals surface area (Å²) in [5, 5.41) is 5.27. The summed E-state index contributed by atoms with van der Waals surface area (Å²) in [4.78, 5) is 22.8. The highest BCUT2D eigenvalue weighted by Crippen LogP contribution is 2.28. The molecule has 2 rings (SSSR count). The molecule has 0 aliphatic carbocycles. The molecule has 132 valence electrons. The number of benzene rings is 1. The van der Waals surface area contributed by atoms with Crippen LogP contribution in [0.3, 0.4) is 0 Å². The Morgan fingerprint density at radius 3 is 2.42 bits per heavy atom. The van der Waals surface area contributed by atoms with Gasteiger partial charge in [0.15, 0.2) is 0 Å². The van der Waals surface area contributed by atoms with Gasteiger partial charge < -0.3 is 10.6 Å². The molecule has 1 heterocycles. The maximum atomic E-state index is 12.6. The Hall–Kier alpha value is -1.64. The fraction of sp³-hybridized carbons (Fsp3) is 0.467. The third-order valence-electron chi connectivity index (χ3n) is 3.66. The Bertz CT molecular complexity index is 730. The second kappa shape index (κ2) is 7.96. The molecule has 0 saturated carbocycles. The van der Waals surface area contributed by atoms with Crippen LogP contribution in [-0.4, -0.2) is 50.7 Å². The van der Waals surface area contributed by atoms with E-state index in [2.05, 4.69) is 10.6 Å². The van der Waals surface area contributed by atoms with Crippen LogP contribution in [0.25, 0.3) is 0 Å². The normalized spacial score (nSPS) is 15.2. The second-order valence-electron chi connectivity index (χ2n) is 5.50. The minimum absolute atomic E-state index is 0.0550. The number of sulfonamides is 1. The van der Waals surface area contributed by atoms with Gasteiger partial charge in [-0.3, -0.25) is 9.59 Å². The number of carbonyl (C=O) groups is 2. The van der Waals surface area contributed by atoms with Crippen LogP contribution in [0.15, 0.2) is 23.1 Å². The highest BCUT2D eigenvalue weighted by Gasteiger charge is 2.29. The van der Waals surface area contributed by atoms with E-state index in [9.17, 15) is 18.0 Å². The van der Waals surface area contributed by atoms with Gasteiger partial charge in [0.05, 0.1) is 5.02 Å². The number of nitrogens with one attached hydrogen (secondary N) is 2. The van der Waals surface area contributed by atoms with Gasteiger partial charge in [-0.15, -0.1) is 0 Å². The predicted octanol–water partition coefficient (Wildman–Crippen LogP) is 0.990. The van der Waals surface area contributed by atoms with E-state index in [-0.39, 0.29) is 27.9 Å². The SMILES string of the molecule is CC(=O)NCCNC(=O)c1ccc(Cl)c(S(=O)(=O)N2CCCC2)c1. The molecule has 0 aromatic heterocycles. The van der Waals surface area contributed by atoms with Gasteiger partial charge in [0.1, 0.15) is 4.90 Å². The molecule has 9 heteroatoms. The van der Waals surface area contributed by atoms with Crippen LogP contribution >= 0.6 is 11.6 Å². The molecule has 0 bridgehead atoms. The lowest BCUT2D eigenvalue weighted by Gasteiger charge is -2.17. The Morgan fingerprint density at radius 1 is 1.17 bits per heavy atom. The van der Waals surface area contributed by atoms with Crippen molar-refractivity contribution >= 4 is 33.4 Å². The van der Waals surface area contributed by atoms with Crippen LogP contribution in [0, 0.1) is 0 Å². The molecule has 1 fully saturated rings. The summed E-state index contributed by atoms with van der Waals surface area (Å²) in [5.74, 6) is -0.607. The van der Waals surface area contributed by atoms with E-state index in [0.29, 0.717) is 19.6 Å². The third kappa shape index (κ3) is 4.46. The minimum Gasteiger partial charge on any atom is -0.355 e. The number of halogens is 1. The molecule has 2 N–H and O–H groups in total. The number of hydrogen-bond acceptors (Lipinski definition) is 4. The topological polar surface area (TPSA) is 95.6 Å². The Balaban J connectivity index is 2.13. The molecule has 0 atom stereocenters. The van der Waals surface area contributed by atoms with Crippen LogP contribution in [-0.2, 0) is 14.8 Å². The molecule has 1 aliphatic heterocycles. The Kier molecular flexibility index (Phi) is 6.20. The Labute approximate surface area is 146 Å². The molecule has 0 spiro atoms. The number of amides is 2. The number of hydrogen-bond donors (Lipinski definition) is 2. The van der Waals surface area contributed by atoms with E-state index >= 15 is 0 Å². The zero-order valence-corrected chi connectivity index (χ0v) is 14.9. The fourth-order valence-corrected chi connectivity index (χ4v) is 4.44. The first-order chi connectivity index (χ1) is 11.3. The van der Waals surface area contributed by atoms with Crippen molar-refractivity contribution in [2.45, 2.75) is 24.7 Å². The number of rotatable bonds is 6. The molecule has 7 nitrogen and oxygen atoms in total. The molecule has 1 aromatic carbocycles. The average molecular weight is 374 g/mol. The molecular formula is C15H20ClN3O4S. The first-order valence-electron chi connectivity index (χ1n) is 7.64. The van der Waals surface area contributed by atoms with E-state index in [1.165, 1.54) is 29.4 Å². The molecular weight excluding hydrogens is 354 g/mol. The molecule has 1 aliphatic rings. The summed E-state index contributed by atoms with van der Waals surface area (Å²) >= 11 is 6.04. The highest BCUT2D eigenvalue weighted by atomic mass is 35.5. The number of nitrogens with zero attached hydrogens (tertiary/aromatic N) is 1. The lowest BCUT2D eigenvalue weighted by Crippen LogP contribution is -2.34. The van der Waals surface area contributed by atoms with Crippen molar-refractivity contribution in [2.24, 2.45) is 0 Å². The van der Waals surface area contributed by atoms with Crippen LogP contribution in [0.4, 0.5) is 0 Å². The first kappa shape index (κ1) is 18.7. The second-order valence-corrected chi connectivity index (χ2v) is 7.81. The molecule has 0 unspecified atom stereocenters. The zero-order valence-electron chi connectivity index (χ0n) is 13.3. The molecule has 0 radical (unpaired) electrons. The van der Waals surface area contributed by atoms with Crippen molar-refractivity contribution in [2.75, 3.05) is 26.2 Å².